The maximum atomic E-state index is 12.3. The van der Waals surface area contributed by atoms with Crippen LogP contribution in [0.1, 0.15) is 12.6 Å². The first-order valence-electron chi connectivity index (χ1n) is 9.07. The average molecular weight is 448 g/mol. The van der Waals surface area contributed by atoms with Crippen molar-refractivity contribution in [3.63, 3.8) is 0 Å². The Labute approximate surface area is 181 Å². The number of aromatic nitrogens is 4. The van der Waals surface area contributed by atoms with Crippen LogP contribution in [0.25, 0.3) is 11.4 Å². The number of hydrogen-bond acceptors (Lipinski definition) is 9. The van der Waals surface area contributed by atoms with Crippen LogP contribution in [0.4, 0.5) is 5.13 Å². The summed E-state index contributed by atoms with van der Waals surface area (Å²) in [7, 11) is 3.44. The molecule has 1 amide bonds. The highest BCUT2D eigenvalue weighted by molar-refractivity contribution is 7.99. The second-order valence-corrected chi connectivity index (χ2v) is 7.83. The van der Waals surface area contributed by atoms with Crippen LogP contribution < -0.4 is 10.1 Å². The summed E-state index contributed by atoms with van der Waals surface area (Å²) in [4.78, 5) is 28.0. The first-order valence-corrected chi connectivity index (χ1v) is 10.9. The molecule has 30 heavy (non-hydrogen) atoms. The molecule has 0 aliphatic carbocycles. The topological polar surface area (TPSA) is 108 Å². The van der Waals surface area contributed by atoms with Gasteiger partial charge in [-0.25, -0.2) is 4.98 Å². The average Bonchev–Trinajstić information content (AvgIpc) is 3.32. The Kier molecular flexibility index (Phi) is 7.41. The molecule has 0 bridgehead atoms. The van der Waals surface area contributed by atoms with Gasteiger partial charge in [0.2, 0.25) is 5.91 Å². The maximum absolute atomic E-state index is 12.3. The minimum Gasteiger partial charge on any atom is -0.496 e. The first-order chi connectivity index (χ1) is 14.5. The fraction of sp³-hybridized carbons (Fsp3) is 0.316. The Balaban J connectivity index is 1.57. The molecule has 2 heterocycles. The van der Waals surface area contributed by atoms with Crippen LogP contribution >= 0.6 is 23.1 Å². The van der Waals surface area contributed by atoms with Gasteiger partial charge in [-0.05, 0) is 19.1 Å². The van der Waals surface area contributed by atoms with E-state index in [0.717, 1.165) is 5.56 Å². The van der Waals surface area contributed by atoms with Crippen molar-refractivity contribution >= 4 is 40.1 Å². The highest BCUT2D eigenvalue weighted by Gasteiger charge is 2.16. The molecule has 0 spiro atoms. The van der Waals surface area contributed by atoms with E-state index >= 15 is 0 Å². The number of rotatable bonds is 9. The molecule has 9 nitrogen and oxygen atoms in total. The minimum atomic E-state index is -0.343. The Hall–Kier alpha value is -2.92. The van der Waals surface area contributed by atoms with E-state index in [1.54, 1.807) is 19.4 Å². The van der Waals surface area contributed by atoms with Gasteiger partial charge < -0.3 is 19.4 Å². The largest absolute Gasteiger partial charge is 0.496 e. The number of ether oxygens (including phenoxy) is 2. The lowest BCUT2D eigenvalue weighted by molar-refractivity contribution is -0.142. The van der Waals surface area contributed by atoms with Gasteiger partial charge >= 0.3 is 5.97 Å². The smallest absolute Gasteiger partial charge is 0.311 e. The van der Waals surface area contributed by atoms with Gasteiger partial charge in [-0.1, -0.05) is 23.9 Å². The minimum absolute atomic E-state index is 0.0830. The predicted molar refractivity (Wildman–Crippen MR) is 115 cm³/mol. The third kappa shape index (κ3) is 5.36. The summed E-state index contributed by atoms with van der Waals surface area (Å²) >= 11 is 2.53. The van der Waals surface area contributed by atoms with Crippen LogP contribution in [0.2, 0.25) is 0 Å². The fourth-order valence-corrected chi connectivity index (χ4v) is 4.03. The molecule has 0 radical (unpaired) electrons. The SMILES string of the molecule is CCOC(=O)Cc1csc(NC(=O)CSc2nnc(-c3ccccc3OC)n2C)n1. The van der Waals surface area contributed by atoms with Crippen LogP contribution in [0, 0.1) is 0 Å². The van der Waals surface area contributed by atoms with E-state index in [-0.39, 0.29) is 24.1 Å². The summed E-state index contributed by atoms with van der Waals surface area (Å²) in [6.07, 6.45) is 0.0830. The number of amides is 1. The molecule has 0 saturated carbocycles. The van der Waals surface area contributed by atoms with E-state index in [4.69, 9.17) is 9.47 Å². The van der Waals surface area contributed by atoms with Gasteiger partial charge in [0.05, 0.1) is 37.1 Å². The molecule has 0 aliphatic rings. The molecule has 3 rings (SSSR count). The predicted octanol–water partition coefficient (Wildman–Crippen LogP) is 2.78. The highest BCUT2D eigenvalue weighted by atomic mass is 32.2. The van der Waals surface area contributed by atoms with Crippen molar-refractivity contribution < 1.29 is 19.1 Å². The lowest BCUT2D eigenvalue weighted by atomic mass is 10.2. The molecule has 3 aromatic rings. The molecule has 0 aliphatic heterocycles. The molecule has 1 aromatic carbocycles. The molecule has 0 fully saturated rings. The van der Waals surface area contributed by atoms with Crippen molar-refractivity contribution in [2.45, 2.75) is 18.5 Å². The van der Waals surface area contributed by atoms with Gasteiger partial charge in [0.1, 0.15) is 5.75 Å². The van der Waals surface area contributed by atoms with Crippen LogP contribution in [-0.2, 0) is 27.8 Å². The standard InChI is InChI=1S/C19H21N5O4S2/c1-4-28-16(26)9-12-10-29-18(20-12)21-15(25)11-30-19-23-22-17(24(19)2)13-7-5-6-8-14(13)27-3/h5-8,10H,4,9,11H2,1-3H3,(H,20,21,25). The van der Waals surface area contributed by atoms with Crippen molar-refractivity contribution in [3.8, 4) is 17.1 Å². The third-order valence-electron chi connectivity index (χ3n) is 3.94. The van der Waals surface area contributed by atoms with Gasteiger partial charge in [0, 0.05) is 12.4 Å². The van der Waals surface area contributed by atoms with E-state index < -0.39 is 0 Å². The summed E-state index contributed by atoms with van der Waals surface area (Å²) in [5.41, 5.74) is 1.39. The summed E-state index contributed by atoms with van der Waals surface area (Å²) < 4.78 is 12.1. The second-order valence-electron chi connectivity index (χ2n) is 6.03. The number of thiazole rings is 1. The molecular weight excluding hydrogens is 426 g/mol. The van der Waals surface area contributed by atoms with Crippen LogP contribution in [0.5, 0.6) is 5.75 Å². The molecule has 11 heteroatoms. The second kappa shape index (κ2) is 10.2. The molecule has 2 aromatic heterocycles. The third-order valence-corrected chi connectivity index (χ3v) is 5.77. The van der Waals surface area contributed by atoms with Crippen molar-refractivity contribution in [1.29, 1.82) is 0 Å². The fourth-order valence-electron chi connectivity index (χ4n) is 2.60. The Morgan fingerprint density at radius 2 is 2.07 bits per heavy atom. The van der Waals surface area contributed by atoms with Crippen molar-refractivity contribution in [1.82, 2.24) is 19.7 Å². The highest BCUT2D eigenvalue weighted by Crippen LogP contribution is 2.30. The number of para-hydroxylation sites is 1. The number of thioether (sulfide) groups is 1. The number of esters is 1. The van der Waals surface area contributed by atoms with Crippen LogP contribution in [0.15, 0.2) is 34.8 Å². The summed E-state index contributed by atoms with van der Waals surface area (Å²) in [6.45, 7) is 2.07. The van der Waals surface area contributed by atoms with Crippen molar-refractivity contribution in [3.05, 3.63) is 35.3 Å². The lowest BCUT2D eigenvalue weighted by Gasteiger charge is -2.08. The maximum Gasteiger partial charge on any atom is 0.311 e. The van der Waals surface area contributed by atoms with Crippen molar-refractivity contribution in [2.75, 3.05) is 24.8 Å². The number of anilines is 1. The molecule has 0 saturated heterocycles. The molecule has 0 unspecified atom stereocenters. The number of benzene rings is 1. The number of nitrogens with one attached hydrogen (secondary N) is 1. The number of hydrogen-bond donors (Lipinski definition) is 1. The number of carbonyl (C=O) groups is 2. The van der Waals surface area contributed by atoms with E-state index in [1.165, 1.54) is 23.1 Å². The zero-order chi connectivity index (χ0) is 21.5. The van der Waals surface area contributed by atoms with Crippen LogP contribution in [0.3, 0.4) is 0 Å². The zero-order valence-corrected chi connectivity index (χ0v) is 18.4. The van der Waals surface area contributed by atoms with Gasteiger partial charge in [-0.2, -0.15) is 0 Å². The monoisotopic (exact) mass is 447 g/mol. The van der Waals surface area contributed by atoms with E-state index in [2.05, 4.69) is 20.5 Å². The summed E-state index contributed by atoms with van der Waals surface area (Å²) in [6, 6.07) is 7.54. The molecule has 0 atom stereocenters. The van der Waals surface area contributed by atoms with Gasteiger partial charge in [0.15, 0.2) is 16.1 Å². The molecular formula is C19H21N5O4S2. The van der Waals surface area contributed by atoms with E-state index in [9.17, 15) is 9.59 Å². The lowest BCUT2D eigenvalue weighted by Crippen LogP contribution is -2.14. The summed E-state index contributed by atoms with van der Waals surface area (Å²) in [5.74, 6) is 0.928. The normalized spacial score (nSPS) is 10.6. The van der Waals surface area contributed by atoms with Gasteiger partial charge in [-0.3, -0.25) is 9.59 Å². The number of nitrogens with zero attached hydrogens (tertiary/aromatic N) is 4. The Morgan fingerprint density at radius 1 is 1.27 bits per heavy atom. The Bertz CT molecular complexity index is 1030. The van der Waals surface area contributed by atoms with Crippen molar-refractivity contribution in [2.24, 2.45) is 7.05 Å². The summed E-state index contributed by atoms with van der Waals surface area (Å²) in [5, 5.41) is 13.9. The quantitative estimate of drug-likeness (QED) is 0.394. The van der Waals surface area contributed by atoms with Gasteiger partial charge in [0.25, 0.3) is 0 Å². The van der Waals surface area contributed by atoms with E-state index in [0.29, 0.717) is 34.2 Å². The zero-order valence-electron chi connectivity index (χ0n) is 16.7. The Morgan fingerprint density at radius 3 is 2.83 bits per heavy atom. The van der Waals surface area contributed by atoms with Gasteiger partial charge in [-0.15, -0.1) is 21.5 Å². The molecule has 1 N–H and O–H groups in total. The van der Waals surface area contributed by atoms with Crippen LogP contribution in [-0.4, -0.2) is 51.1 Å². The number of carbonyl (C=O) groups excluding carboxylic acids is 2. The molecule has 158 valence electrons. The van der Waals surface area contributed by atoms with E-state index in [1.807, 2.05) is 35.9 Å². The number of methoxy groups -OCH3 is 1. The first kappa shape index (κ1) is 21.8.